The minimum Gasteiger partial charge on any atom is -0.487 e. The molecular formula is C22H17I2N5O2. The molecule has 0 unspecified atom stereocenters. The number of nitriles is 2. The van der Waals surface area contributed by atoms with Gasteiger partial charge in [0.2, 0.25) is 0 Å². The Bertz CT molecular complexity index is 1210. The number of aliphatic hydroxyl groups excluding tert-OH is 1. The van der Waals surface area contributed by atoms with Gasteiger partial charge in [-0.15, -0.1) is 0 Å². The van der Waals surface area contributed by atoms with E-state index >= 15 is 0 Å². The van der Waals surface area contributed by atoms with Crippen molar-refractivity contribution < 1.29 is 9.84 Å². The van der Waals surface area contributed by atoms with Crippen LogP contribution in [0.5, 0.6) is 5.75 Å². The summed E-state index contributed by atoms with van der Waals surface area (Å²) in [4.78, 5) is 0. The van der Waals surface area contributed by atoms with Gasteiger partial charge in [0.25, 0.3) is 0 Å². The van der Waals surface area contributed by atoms with Gasteiger partial charge in [-0.1, -0.05) is 30.3 Å². The molecule has 0 atom stereocenters. The molecule has 0 aliphatic carbocycles. The summed E-state index contributed by atoms with van der Waals surface area (Å²) in [5, 5.41) is 32.8. The number of benzene rings is 2. The zero-order chi connectivity index (χ0) is 22.4. The Morgan fingerprint density at radius 1 is 1.23 bits per heavy atom. The second-order valence-corrected chi connectivity index (χ2v) is 8.83. The van der Waals surface area contributed by atoms with Gasteiger partial charge in [-0.2, -0.15) is 15.6 Å². The summed E-state index contributed by atoms with van der Waals surface area (Å²) in [7, 11) is 0. The molecule has 0 amide bonds. The van der Waals surface area contributed by atoms with E-state index in [9.17, 15) is 15.6 Å². The van der Waals surface area contributed by atoms with Crippen molar-refractivity contribution in [1.82, 2.24) is 9.78 Å². The van der Waals surface area contributed by atoms with Crippen LogP contribution in [0.25, 0.3) is 11.6 Å². The van der Waals surface area contributed by atoms with Gasteiger partial charge in [-0.3, -0.25) is 0 Å². The highest BCUT2D eigenvalue weighted by Crippen LogP contribution is 2.33. The predicted octanol–water partition coefficient (Wildman–Crippen LogP) is 4.18. The molecule has 0 fully saturated rings. The number of anilines is 1. The maximum absolute atomic E-state index is 9.82. The largest absolute Gasteiger partial charge is 0.487 e. The van der Waals surface area contributed by atoms with Crippen LogP contribution >= 0.6 is 45.2 Å². The Labute approximate surface area is 207 Å². The number of allylic oxidation sites excluding steroid dienone is 1. The van der Waals surface area contributed by atoms with Gasteiger partial charge < -0.3 is 15.6 Å². The lowest BCUT2D eigenvalue weighted by Crippen LogP contribution is -2.07. The summed E-state index contributed by atoms with van der Waals surface area (Å²) >= 11 is 4.40. The van der Waals surface area contributed by atoms with Crippen molar-refractivity contribution in [3.63, 3.8) is 0 Å². The quantitative estimate of drug-likeness (QED) is 0.297. The molecule has 0 saturated heterocycles. The molecule has 9 heteroatoms. The number of aromatic nitrogens is 2. The Hall–Kier alpha value is -2.61. The second kappa shape index (κ2) is 10.6. The number of hydrogen-bond donors (Lipinski definition) is 2. The van der Waals surface area contributed by atoms with E-state index < -0.39 is 0 Å². The molecule has 1 heterocycles. The average Bonchev–Trinajstić information content (AvgIpc) is 3.07. The number of nitrogens with zero attached hydrogens (tertiary/aromatic N) is 4. The lowest BCUT2D eigenvalue weighted by atomic mass is 10.1. The van der Waals surface area contributed by atoms with Crippen molar-refractivity contribution in [3.05, 3.63) is 72.0 Å². The third-order valence-electron chi connectivity index (χ3n) is 4.35. The van der Waals surface area contributed by atoms with Crippen LogP contribution in [0, 0.1) is 29.8 Å². The van der Waals surface area contributed by atoms with E-state index in [1.807, 2.05) is 48.5 Å². The van der Waals surface area contributed by atoms with E-state index in [2.05, 4.69) is 56.3 Å². The molecule has 3 aromatic rings. The maximum atomic E-state index is 9.82. The first kappa shape index (κ1) is 23.1. The zero-order valence-corrected chi connectivity index (χ0v) is 20.5. The molecule has 0 aliphatic rings. The Kier molecular flexibility index (Phi) is 7.90. The molecule has 0 radical (unpaired) electrons. The summed E-state index contributed by atoms with van der Waals surface area (Å²) in [5.74, 6) is 0.754. The Morgan fingerprint density at radius 2 is 1.97 bits per heavy atom. The molecular weight excluding hydrogens is 620 g/mol. The number of hydrogen-bond acceptors (Lipinski definition) is 6. The monoisotopic (exact) mass is 637 g/mol. The molecule has 2 aromatic carbocycles. The molecule has 0 aliphatic heterocycles. The molecule has 1 aromatic heterocycles. The number of nitrogens with two attached hydrogens (primary N) is 1. The zero-order valence-electron chi connectivity index (χ0n) is 16.2. The molecule has 0 saturated carbocycles. The van der Waals surface area contributed by atoms with E-state index in [0.29, 0.717) is 17.9 Å². The van der Waals surface area contributed by atoms with Crippen molar-refractivity contribution in [3.8, 4) is 17.9 Å². The van der Waals surface area contributed by atoms with Crippen molar-refractivity contribution in [1.29, 1.82) is 10.5 Å². The SMILES string of the molecule is N#C/C(=C\c1cc(I)cc(I)c1OCc1ccccc1)c1nn(CCO)c(N)c1C#N. The fraction of sp³-hybridized carbons (Fsp3) is 0.136. The summed E-state index contributed by atoms with van der Waals surface area (Å²) in [5.41, 5.74) is 8.17. The van der Waals surface area contributed by atoms with Crippen molar-refractivity contribution in [2.45, 2.75) is 13.2 Å². The number of aliphatic hydroxyl groups is 1. The number of rotatable bonds is 7. The summed E-state index contributed by atoms with van der Waals surface area (Å²) in [6.45, 7) is 0.321. The first-order valence-electron chi connectivity index (χ1n) is 9.13. The highest BCUT2D eigenvalue weighted by Gasteiger charge is 2.20. The Balaban J connectivity index is 2.06. The smallest absolute Gasteiger partial charge is 0.140 e. The summed E-state index contributed by atoms with van der Waals surface area (Å²) in [6, 6.07) is 17.8. The van der Waals surface area contributed by atoms with Gasteiger partial charge in [0.05, 0.1) is 22.3 Å². The predicted molar refractivity (Wildman–Crippen MR) is 135 cm³/mol. The van der Waals surface area contributed by atoms with Crippen LogP contribution in [0.15, 0.2) is 42.5 Å². The molecule has 156 valence electrons. The van der Waals surface area contributed by atoms with E-state index in [1.54, 1.807) is 6.08 Å². The van der Waals surface area contributed by atoms with E-state index in [-0.39, 0.29) is 35.8 Å². The highest BCUT2D eigenvalue weighted by molar-refractivity contribution is 14.1. The molecule has 0 spiro atoms. The lowest BCUT2D eigenvalue weighted by molar-refractivity contribution is 0.270. The maximum Gasteiger partial charge on any atom is 0.140 e. The van der Waals surface area contributed by atoms with Gasteiger partial charge in [0.1, 0.15) is 41.6 Å². The lowest BCUT2D eigenvalue weighted by Gasteiger charge is -2.13. The van der Waals surface area contributed by atoms with Crippen LogP contribution in [-0.4, -0.2) is 21.5 Å². The van der Waals surface area contributed by atoms with Crippen molar-refractivity contribution in [2.75, 3.05) is 12.3 Å². The first-order valence-corrected chi connectivity index (χ1v) is 11.3. The second-order valence-electron chi connectivity index (χ2n) is 6.42. The van der Waals surface area contributed by atoms with Crippen molar-refractivity contribution in [2.24, 2.45) is 0 Å². The van der Waals surface area contributed by atoms with Crippen LogP contribution in [0.1, 0.15) is 22.4 Å². The van der Waals surface area contributed by atoms with Gasteiger partial charge in [0, 0.05) is 9.13 Å². The number of nitrogen functional groups attached to an aromatic ring is 1. The fourth-order valence-corrected chi connectivity index (χ4v) is 4.96. The standard InChI is InChI=1S/C22H17I2N5O2/c23-17-9-15(21(19(24)10-17)31-13-14-4-2-1-3-5-14)8-16(11-25)20-18(12-26)22(27)29(28-20)6-7-30/h1-5,8-10,30H,6-7,13,27H2/b16-8+. The van der Waals surface area contributed by atoms with Crippen LogP contribution < -0.4 is 10.5 Å². The van der Waals surface area contributed by atoms with E-state index in [1.165, 1.54) is 4.68 Å². The van der Waals surface area contributed by atoms with Crippen LogP contribution in [0.2, 0.25) is 0 Å². The number of ether oxygens (including phenoxy) is 1. The number of halogens is 2. The van der Waals surface area contributed by atoms with Crippen LogP contribution in [-0.2, 0) is 13.2 Å². The Morgan fingerprint density at radius 3 is 2.61 bits per heavy atom. The van der Waals surface area contributed by atoms with Crippen LogP contribution in [0.3, 0.4) is 0 Å². The minimum atomic E-state index is -0.186. The third-order valence-corrected chi connectivity index (χ3v) is 5.78. The topological polar surface area (TPSA) is 121 Å². The minimum absolute atomic E-state index is 0.105. The first-order chi connectivity index (χ1) is 15.0. The van der Waals surface area contributed by atoms with Crippen LogP contribution in [0.4, 0.5) is 5.82 Å². The average molecular weight is 637 g/mol. The third kappa shape index (κ3) is 5.36. The molecule has 3 N–H and O–H groups in total. The summed E-state index contributed by atoms with van der Waals surface area (Å²) < 4.78 is 9.30. The van der Waals surface area contributed by atoms with Gasteiger partial charge in [0.15, 0.2) is 0 Å². The van der Waals surface area contributed by atoms with Gasteiger partial charge >= 0.3 is 0 Å². The molecule has 31 heavy (non-hydrogen) atoms. The molecule has 7 nitrogen and oxygen atoms in total. The summed E-state index contributed by atoms with van der Waals surface area (Å²) in [6.07, 6.45) is 1.65. The van der Waals surface area contributed by atoms with E-state index in [4.69, 9.17) is 10.5 Å². The molecule has 3 rings (SSSR count). The fourth-order valence-electron chi connectivity index (χ4n) is 2.92. The van der Waals surface area contributed by atoms with E-state index in [0.717, 1.165) is 12.7 Å². The van der Waals surface area contributed by atoms with Gasteiger partial charge in [-0.25, -0.2) is 4.68 Å². The normalized spacial score (nSPS) is 11.1. The molecule has 0 bridgehead atoms. The highest BCUT2D eigenvalue weighted by atomic mass is 127. The van der Waals surface area contributed by atoms with Gasteiger partial charge in [-0.05, 0) is 69.0 Å². The van der Waals surface area contributed by atoms with Crippen molar-refractivity contribution >= 4 is 62.6 Å².